The zero-order valence-corrected chi connectivity index (χ0v) is 10.8. The molecule has 0 radical (unpaired) electrons. The molecule has 0 aromatic carbocycles. The monoisotopic (exact) mass is 222 g/mol. The first-order valence-corrected chi connectivity index (χ1v) is 6.20. The number of carbonyl (C=O) groups is 1. The van der Waals surface area contributed by atoms with E-state index in [1.165, 1.54) is 5.56 Å². The van der Waals surface area contributed by atoms with Crippen molar-refractivity contribution >= 4 is 5.91 Å². The third kappa shape index (κ3) is 2.71. The highest BCUT2D eigenvalue weighted by molar-refractivity contribution is 5.79. The van der Waals surface area contributed by atoms with Gasteiger partial charge >= 0.3 is 0 Å². The van der Waals surface area contributed by atoms with Crippen LogP contribution in [-0.2, 0) is 6.42 Å². The maximum absolute atomic E-state index is 11.9. The number of aromatic nitrogens is 2. The maximum atomic E-state index is 11.9. The quantitative estimate of drug-likeness (QED) is 0.716. The Morgan fingerprint density at radius 3 is 2.44 bits per heavy atom. The van der Waals surface area contributed by atoms with Crippen molar-refractivity contribution in [1.29, 1.82) is 0 Å². The molecule has 0 amide bonds. The van der Waals surface area contributed by atoms with Gasteiger partial charge in [-0.25, -0.2) is 4.68 Å². The molecule has 0 atom stereocenters. The minimum Gasteiger partial charge on any atom is -0.273 e. The molecule has 0 fully saturated rings. The Bertz CT molecular complexity index is 366. The van der Waals surface area contributed by atoms with Crippen molar-refractivity contribution in [2.75, 3.05) is 0 Å². The van der Waals surface area contributed by atoms with E-state index in [1.807, 2.05) is 13.8 Å². The number of unbranched alkanes of at least 4 members (excludes halogenated alkanes) is 2. The van der Waals surface area contributed by atoms with Crippen LogP contribution in [0.3, 0.4) is 0 Å². The third-order valence-corrected chi connectivity index (χ3v) is 3.03. The molecule has 0 unspecified atom stereocenters. The van der Waals surface area contributed by atoms with Crippen molar-refractivity contribution in [2.24, 2.45) is 0 Å². The van der Waals surface area contributed by atoms with E-state index in [1.54, 1.807) is 4.68 Å². The van der Waals surface area contributed by atoms with Crippen LogP contribution < -0.4 is 0 Å². The van der Waals surface area contributed by atoms with Crippen molar-refractivity contribution < 1.29 is 4.79 Å². The van der Waals surface area contributed by atoms with Crippen LogP contribution in [0.5, 0.6) is 0 Å². The Balaban J connectivity index is 2.76. The fraction of sp³-hybridized carbons (Fsp3) is 0.692. The van der Waals surface area contributed by atoms with Gasteiger partial charge in [0, 0.05) is 12.1 Å². The number of carbonyl (C=O) groups excluding carboxylic acids is 1. The number of hydrogen-bond donors (Lipinski definition) is 0. The smallest absolute Gasteiger partial charge is 0.247 e. The Labute approximate surface area is 97.8 Å². The van der Waals surface area contributed by atoms with Gasteiger partial charge in [0.05, 0.1) is 5.69 Å². The molecule has 0 saturated heterocycles. The summed E-state index contributed by atoms with van der Waals surface area (Å²) in [6, 6.07) is 0. The highest BCUT2D eigenvalue weighted by atomic mass is 16.2. The molecule has 0 aliphatic carbocycles. The van der Waals surface area contributed by atoms with Crippen molar-refractivity contribution in [3.8, 4) is 0 Å². The van der Waals surface area contributed by atoms with Crippen LogP contribution in [0, 0.1) is 13.8 Å². The molecule has 16 heavy (non-hydrogen) atoms. The average molecular weight is 222 g/mol. The van der Waals surface area contributed by atoms with Gasteiger partial charge in [0.15, 0.2) is 0 Å². The largest absolute Gasteiger partial charge is 0.273 e. The summed E-state index contributed by atoms with van der Waals surface area (Å²) >= 11 is 0. The Morgan fingerprint density at radius 2 is 1.94 bits per heavy atom. The van der Waals surface area contributed by atoms with Crippen LogP contribution in [0.15, 0.2) is 0 Å². The third-order valence-electron chi connectivity index (χ3n) is 3.03. The van der Waals surface area contributed by atoms with Gasteiger partial charge in [0.1, 0.15) is 0 Å². The van der Waals surface area contributed by atoms with Gasteiger partial charge in [-0.2, -0.15) is 5.10 Å². The second kappa shape index (κ2) is 5.83. The standard InChI is InChI=1S/C13H22N2O/c1-5-7-8-9-13(16)15-11(4)12(6-2)10(3)14-15/h5-9H2,1-4H3. The van der Waals surface area contributed by atoms with Crippen LogP contribution in [0.1, 0.15) is 61.3 Å². The number of aryl methyl sites for hydroxylation is 1. The zero-order valence-electron chi connectivity index (χ0n) is 10.8. The molecule has 1 aromatic rings. The van der Waals surface area contributed by atoms with Gasteiger partial charge in [-0.3, -0.25) is 4.79 Å². The Hall–Kier alpha value is -1.12. The van der Waals surface area contributed by atoms with Crippen LogP contribution >= 0.6 is 0 Å². The highest BCUT2D eigenvalue weighted by Gasteiger charge is 2.14. The van der Waals surface area contributed by atoms with E-state index in [9.17, 15) is 4.79 Å². The Morgan fingerprint density at radius 1 is 1.25 bits per heavy atom. The van der Waals surface area contributed by atoms with Crippen LogP contribution in [0.2, 0.25) is 0 Å². The molecule has 0 N–H and O–H groups in total. The minimum absolute atomic E-state index is 0.133. The molecule has 3 heteroatoms. The number of nitrogens with zero attached hydrogens (tertiary/aromatic N) is 2. The highest BCUT2D eigenvalue weighted by Crippen LogP contribution is 2.14. The predicted octanol–water partition coefficient (Wildman–Crippen LogP) is 3.28. The summed E-state index contributed by atoms with van der Waals surface area (Å²) in [4.78, 5) is 11.9. The van der Waals surface area contributed by atoms with Gasteiger partial charge in [-0.15, -0.1) is 0 Å². The van der Waals surface area contributed by atoms with Crippen LogP contribution in [0.25, 0.3) is 0 Å². The first-order valence-electron chi connectivity index (χ1n) is 6.20. The second-order valence-corrected chi connectivity index (χ2v) is 4.27. The summed E-state index contributed by atoms with van der Waals surface area (Å²) in [7, 11) is 0. The van der Waals surface area contributed by atoms with E-state index in [-0.39, 0.29) is 5.91 Å². The van der Waals surface area contributed by atoms with Crippen molar-refractivity contribution in [3.63, 3.8) is 0 Å². The molecule has 0 aliphatic heterocycles. The van der Waals surface area contributed by atoms with E-state index in [2.05, 4.69) is 18.9 Å². The molecule has 0 bridgehead atoms. The normalized spacial score (nSPS) is 10.8. The van der Waals surface area contributed by atoms with Gasteiger partial charge in [-0.05, 0) is 32.3 Å². The van der Waals surface area contributed by atoms with E-state index in [4.69, 9.17) is 0 Å². The summed E-state index contributed by atoms with van der Waals surface area (Å²) in [6.07, 6.45) is 4.78. The summed E-state index contributed by atoms with van der Waals surface area (Å²) < 4.78 is 1.59. The predicted molar refractivity (Wildman–Crippen MR) is 65.8 cm³/mol. The lowest BCUT2D eigenvalue weighted by Gasteiger charge is -2.03. The lowest BCUT2D eigenvalue weighted by Crippen LogP contribution is -2.14. The molecule has 0 saturated carbocycles. The fourth-order valence-electron chi connectivity index (χ4n) is 2.06. The number of rotatable bonds is 5. The molecule has 3 nitrogen and oxygen atoms in total. The summed E-state index contributed by atoms with van der Waals surface area (Å²) in [5, 5.41) is 4.33. The molecule has 1 rings (SSSR count). The Kier molecular flexibility index (Phi) is 4.71. The zero-order chi connectivity index (χ0) is 12.1. The van der Waals surface area contributed by atoms with Gasteiger partial charge in [0.2, 0.25) is 5.91 Å². The molecule has 0 aliphatic rings. The number of hydrogen-bond acceptors (Lipinski definition) is 2. The molecular formula is C13H22N2O. The first-order chi connectivity index (χ1) is 7.61. The topological polar surface area (TPSA) is 34.9 Å². The summed E-state index contributed by atoms with van der Waals surface area (Å²) in [5.74, 6) is 0.133. The average Bonchev–Trinajstić information content (AvgIpc) is 2.54. The van der Waals surface area contributed by atoms with E-state index in [0.717, 1.165) is 37.1 Å². The van der Waals surface area contributed by atoms with Crippen molar-refractivity contribution in [2.45, 2.75) is 59.8 Å². The van der Waals surface area contributed by atoms with E-state index < -0.39 is 0 Å². The lowest BCUT2D eigenvalue weighted by atomic mass is 10.1. The van der Waals surface area contributed by atoms with E-state index >= 15 is 0 Å². The molecule has 90 valence electrons. The van der Waals surface area contributed by atoms with Crippen molar-refractivity contribution in [3.05, 3.63) is 17.0 Å². The van der Waals surface area contributed by atoms with Gasteiger partial charge in [-0.1, -0.05) is 26.7 Å². The van der Waals surface area contributed by atoms with E-state index in [0.29, 0.717) is 6.42 Å². The SMILES string of the molecule is CCCCCC(=O)n1nc(C)c(CC)c1C. The summed E-state index contributed by atoms with van der Waals surface area (Å²) in [5.41, 5.74) is 3.22. The van der Waals surface area contributed by atoms with Crippen LogP contribution in [0.4, 0.5) is 0 Å². The van der Waals surface area contributed by atoms with Gasteiger partial charge < -0.3 is 0 Å². The minimum atomic E-state index is 0.133. The molecule has 1 heterocycles. The lowest BCUT2D eigenvalue weighted by molar-refractivity contribution is 0.0880. The summed E-state index contributed by atoms with van der Waals surface area (Å²) in [6.45, 7) is 8.20. The molecular weight excluding hydrogens is 200 g/mol. The van der Waals surface area contributed by atoms with Gasteiger partial charge in [0.25, 0.3) is 0 Å². The fourth-order valence-corrected chi connectivity index (χ4v) is 2.06. The maximum Gasteiger partial charge on any atom is 0.247 e. The molecule has 0 spiro atoms. The first kappa shape index (κ1) is 12.9. The van der Waals surface area contributed by atoms with Crippen LogP contribution in [-0.4, -0.2) is 15.7 Å². The second-order valence-electron chi connectivity index (χ2n) is 4.27. The molecule has 1 aromatic heterocycles. The van der Waals surface area contributed by atoms with Crippen molar-refractivity contribution in [1.82, 2.24) is 9.78 Å².